The molecule has 2 heterocycles. The summed E-state index contributed by atoms with van der Waals surface area (Å²) in [7, 11) is -2.06. The molecule has 5 atom stereocenters. The van der Waals surface area contributed by atoms with E-state index in [9.17, 15) is 14.4 Å². The van der Waals surface area contributed by atoms with Gasteiger partial charge in [0.15, 0.2) is 18.8 Å². The van der Waals surface area contributed by atoms with E-state index in [0.29, 0.717) is 0 Å². The Morgan fingerprint density at radius 3 is 2.48 bits per heavy atom. The molecule has 8 heteroatoms. The van der Waals surface area contributed by atoms with Crippen LogP contribution >= 0.6 is 11.8 Å². The smallest absolute Gasteiger partial charge is 0.340 e. The van der Waals surface area contributed by atoms with E-state index >= 15 is 0 Å². The van der Waals surface area contributed by atoms with Crippen molar-refractivity contribution in [2.24, 2.45) is 11.8 Å². The first-order valence-electron chi connectivity index (χ1n) is 9.31. The van der Waals surface area contributed by atoms with E-state index < -0.39 is 25.6 Å². The monoisotopic (exact) mass is 413 g/mol. The molecule has 2 saturated heterocycles. The highest BCUT2D eigenvalue weighted by molar-refractivity contribution is 8.14. The van der Waals surface area contributed by atoms with Gasteiger partial charge in [0.2, 0.25) is 5.91 Å². The lowest BCUT2D eigenvalue weighted by Gasteiger charge is -2.56. The van der Waals surface area contributed by atoms with Gasteiger partial charge in [0, 0.05) is 5.92 Å². The zero-order valence-corrected chi connectivity index (χ0v) is 19.1. The number of hydrogen-bond acceptors (Lipinski definition) is 6. The Morgan fingerprint density at radius 2 is 1.96 bits per heavy atom. The third-order valence-electron chi connectivity index (χ3n) is 5.93. The molecule has 27 heavy (non-hydrogen) atoms. The molecule has 6 nitrogen and oxygen atoms in total. The zero-order chi connectivity index (χ0) is 20.7. The van der Waals surface area contributed by atoms with Crippen LogP contribution in [0, 0.1) is 11.8 Å². The van der Waals surface area contributed by atoms with Crippen LogP contribution in [0.3, 0.4) is 0 Å². The van der Waals surface area contributed by atoms with Gasteiger partial charge in [0.25, 0.3) is 0 Å². The molecule has 152 valence electrons. The highest BCUT2D eigenvalue weighted by Gasteiger charge is 2.62. The SMILES string of the molecule is C=CCOC(=O)C1SC(=O)[C@H](C)[C@@H]2[C@@H]([C@@H](C)O[Si](C)(C)C(C)(C)C)C(=O)N12. The summed E-state index contributed by atoms with van der Waals surface area (Å²) >= 11 is 0.876. The fraction of sp³-hybridized carbons (Fsp3) is 0.737. The summed E-state index contributed by atoms with van der Waals surface area (Å²) in [6.07, 6.45) is 1.16. The Labute approximate surface area is 167 Å². The van der Waals surface area contributed by atoms with Crippen LogP contribution in [0.25, 0.3) is 0 Å². The molecule has 1 unspecified atom stereocenters. The van der Waals surface area contributed by atoms with Gasteiger partial charge in [-0.05, 0) is 25.1 Å². The van der Waals surface area contributed by atoms with Gasteiger partial charge in [-0.1, -0.05) is 52.1 Å². The van der Waals surface area contributed by atoms with Crippen LogP contribution in [0.15, 0.2) is 12.7 Å². The van der Waals surface area contributed by atoms with Crippen molar-refractivity contribution in [2.45, 2.75) is 70.3 Å². The third kappa shape index (κ3) is 4.02. The zero-order valence-electron chi connectivity index (χ0n) is 17.3. The van der Waals surface area contributed by atoms with Crippen LogP contribution in [0.1, 0.15) is 34.6 Å². The predicted molar refractivity (Wildman–Crippen MR) is 109 cm³/mol. The number of esters is 1. The van der Waals surface area contributed by atoms with Crippen molar-refractivity contribution in [3.63, 3.8) is 0 Å². The van der Waals surface area contributed by atoms with E-state index in [4.69, 9.17) is 9.16 Å². The first-order chi connectivity index (χ1) is 12.3. The molecule has 0 aromatic carbocycles. The van der Waals surface area contributed by atoms with Crippen molar-refractivity contribution < 1.29 is 23.5 Å². The number of hydrogen-bond donors (Lipinski definition) is 0. The number of amides is 1. The van der Waals surface area contributed by atoms with Gasteiger partial charge >= 0.3 is 5.97 Å². The number of thioether (sulfide) groups is 1. The Morgan fingerprint density at radius 1 is 1.37 bits per heavy atom. The van der Waals surface area contributed by atoms with E-state index in [0.717, 1.165) is 11.8 Å². The van der Waals surface area contributed by atoms with E-state index in [2.05, 4.69) is 40.4 Å². The maximum absolute atomic E-state index is 12.9. The van der Waals surface area contributed by atoms with Gasteiger partial charge in [0.05, 0.1) is 18.1 Å². The summed E-state index contributed by atoms with van der Waals surface area (Å²) in [6.45, 7) is 18.0. The van der Waals surface area contributed by atoms with Crippen LogP contribution in [0.5, 0.6) is 0 Å². The van der Waals surface area contributed by atoms with Crippen LogP contribution in [0.4, 0.5) is 0 Å². The van der Waals surface area contributed by atoms with Gasteiger partial charge in [0.1, 0.15) is 6.61 Å². The molecule has 2 aliphatic heterocycles. The average Bonchev–Trinajstić information content (AvgIpc) is 2.53. The van der Waals surface area contributed by atoms with Crippen LogP contribution in [-0.4, -0.2) is 54.3 Å². The lowest BCUT2D eigenvalue weighted by Crippen LogP contribution is -2.73. The maximum atomic E-state index is 12.9. The normalized spacial score (nSPS) is 29.7. The molecule has 2 fully saturated rings. The summed E-state index contributed by atoms with van der Waals surface area (Å²) in [4.78, 5) is 39.2. The van der Waals surface area contributed by atoms with Gasteiger partial charge in [-0.25, -0.2) is 4.79 Å². The third-order valence-corrected chi connectivity index (χ3v) is 11.8. The minimum atomic E-state index is -2.06. The fourth-order valence-corrected chi connectivity index (χ4v) is 5.89. The molecular formula is C19H31NO5SSi. The molecule has 2 aliphatic rings. The molecule has 1 amide bonds. The van der Waals surface area contributed by atoms with Crippen LogP contribution in [-0.2, 0) is 23.5 Å². The summed E-state index contributed by atoms with van der Waals surface area (Å²) in [5.74, 6) is -1.46. The summed E-state index contributed by atoms with van der Waals surface area (Å²) in [6, 6.07) is -0.327. The lowest BCUT2D eigenvalue weighted by atomic mass is 9.76. The van der Waals surface area contributed by atoms with Gasteiger partial charge < -0.3 is 14.1 Å². The number of fused-ring (bicyclic) bond motifs is 1. The predicted octanol–water partition coefficient (Wildman–Crippen LogP) is 3.19. The second-order valence-corrected chi connectivity index (χ2v) is 14.7. The second kappa shape index (κ2) is 7.71. The van der Waals surface area contributed by atoms with E-state index in [1.165, 1.54) is 11.0 Å². The molecule has 0 aromatic heterocycles. The number of carbonyl (C=O) groups excluding carboxylic acids is 3. The van der Waals surface area contributed by atoms with Crippen molar-refractivity contribution in [1.82, 2.24) is 4.90 Å². The average molecular weight is 414 g/mol. The number of carbonyl (C=O) groups is 3. The quantitative estimate of drug-likeness (QED) is 0.288. The summed E-state index contributed by atoms with van der Waals surface area (Å²) in [5, 5.41) is -0.981. The minimum absolute atomic E-state index is 0.0224. The highest BCUT2D eigenvalue weighted by atomic mass is 32.2. The largest absolute Gasteiger partial charge is 0.459 e. The Bertz CT molecular complexity index is 645. The summed E-state index contributed by atoms with van der Waals surface area (Å²) in [5.41, 5.74) is 0. The van der Waals surface area contributed by atoms with Crippen molar-refractivity contribution >= 4 is 37.1 Å². The molecule has 0 N–H and O–H groups in total. The number of rotatable bonds is 6. The molecule has 0 aliphatic carbocycles. The Hall–Kier alpha value is -1.12. The first-order valence-corrected chi connectivity index (χ1v) is 13.1. The minimum Gasteiger partial charge on any atom is -0.459 e. The molecular weight excluding hydrogens is 382 g/mol. The van der Waals surface area contributed by atoms with Crippen molar-refractivity contribution in [2.75, 3.05) is 6.61 Å². The first kappa shape index (κ1) is 22.2. The molecule has 0 bridgehead atoms. The van der Waals surface area contributed by atoms with Gasteiger partial charge in [-0.2, -0.15) is 0 Å². The standard InChI is InChI=1S/C19H31NO5SSi/c1-9-10-24-17(22)16-20-14(11(2)18(23)26-16)13(15(20)21)12(3)25-27(7,8)19(4,5)6/h9,11-14,16H,1,10H2,2-8H3/t11-,12-,13-,14-,16?/m1/s1. The Balaban J connectivity index is 2.20. The summed E-state index contributed by atoms with van der Waals surface area (Å²) < 4.78 is 11.5. The van der Waals surface area contributed by atoms with Crippen molar-refractivity contribution in [3.8, 4) is 0 Å². The van der Waals surface area contributed by atoms with Crippen molar-refractivity contribution in [3.05, 3.63) is 12.7 Å². The second-order valence-electron chi connectivity index (χ2n) is 8.84. The molecule has 0 spiro atoms. The molecule has 0 radical (unpaired) electrons. The Kier molecular flexibility index (Phi) is 6.33. The van der Waals surface area contributed by atoms with Gasteiger partial charge in [-0.15, -0.1) is 0 Å². The maximum Gasteiger partial charge on any atom is 0.340 e. The fourth-order valence-electron chi connectivity index (χ4n) is 3.36. The molecule has 0 aromatic rings. The highest BCUT2D eigenvalue weighted by Crippen LogP contribution is 2.47. The number of ether oxygens (including phenoxy) is 1. The van der Waals surface area contributed by atoms with Crippen LogP contribution < -0.4 is 0 Å². The van der Waals surface area contributed by atoms with Gasteiger partial charge in [-0.3, -0.25) is 9.59 Å². The van der Waals surface area contributed by atoms with Crippen LogP contribution in [0.2, 0.25) is 18.1 Å². The molecule has 2 rings (SSSR count). The molecule has 0 saturated carbocycles. The van der Waals surface area contributed by atoms with E-state index in [-0.39, 0.29) is 40.7 Å². The van der Waals surface area contributed by atoms with E-state index in [1.807, 2.05) is 13.8 Å². The van der Waals surface area contributed by atoms with Crippen molar-refractivity contribution in [1.29, 1.82) is 0 Å². The number of nitrogens with zero attached hydrogens (tertiary/aromatic N) is 1. The lowest BCUT2D eigenvalue weighted by molar-refractivity contribution is -0.177. The topological polar surface area (TPSA) is 72.9 Å². The van der Waals surface area contributed by atoms with E-state index in [1.54, 1.807) is 0 Å². The number of β-lactam (4-membered cyclic amide) rings is 1.